The quantitative estimate of drug-likeness (QED) is 0.912. The number of carbonyl (C=O) groups excluding carboxylic acids is 1. The van der Waals surface area contributed by atoms with Crippen molar-refractivity contribution in [2.75, 3.05) is 18.4 Å². The zero-order valence-corrected chi connectivity index (χ0v) is 13.0. The average molecular weight is 320 g/mol. The number of benzene rings is 1. The summed E-state index contributed by atoms with van der Waals surface area (Å²) < 4.78 is 19.5. The number of rotatable bonds is 2. The number of hydrogen-bond donors (Lipinski definition) is 1. The number of urea groups is 1. The number of nitrogens with one attached hydrogen (secondary N) is 1. The van der Waals surface area contributed by atoms with Gasteiger partial charge in [0.25, 0.3) is 0 Å². The van der Waals surface area contributed by atoms with Gasteiger partial charge in [0.15, 0.2) is 0 Å². The highest BCUT2D eigenvalue weighted by Gasteiger charge is 2.29. The van der Waals surface area contributed by atoms with Crippen molar-refractivity contribution in [3.8, 4) is 0 Å². The molecule has 1 aromatic carbocycles. The van der Waals surface area contributed by atoms with Crippen molar-refractivity contribution in [1.82, 2.24) is 4.90 Å². The van der Waals surface area contributed by atoms with Gasteiger partial charge in [-0.1, -0.05) is 12.1 Å². The lowest BCUT2D eigenvalue weighted by atomic mass is 10.1. The maximum absolute atomic E-state index is 13.6. The van der Waals surface area contributed by atoms with Crippen molar-refractivity contribution < 1.29 is 13.9 Å². The molecule has 2 unspecified atom stereocenters. The third kappa shape index (κ3) is 3.28. The summed E-state index contributed by atoms with van der Waals surface area (Å²) in [6.07, 6.45) is -0.202. The van der Waals surface area contributed by atoms with Crippen LogP contribution in [0.1, 0.15) is 18.6 Å². The van der Waals surface area contributed by atoms with Gasteiger partial charge in [-0.25, -0.2) is 9.18 Å². The van der Waals surface area contributed by atoms with Crippen LogP contribution in [0.25, 0.3) is 0 Å². The van der Waals surface area contributed by atoms with E-state index in [0.717, 1.165) is 5.56 Å². The predicted octanol–water partition coefficient (Wildman–Crippen LogP) is 3.88. The van der Waals surface area contributed by atoms with Crippen molar-refractivity contribution in [2.45, 2.75) is 19.1 Å². The van der Waals surface area contributed by atoms with E-state index in [4.69, 9.17) is 4.74 Å². The highest BCUT2D eigenvalue weighted by Crippen LogP contribution is 2.27. The van der Waals surface area contributed by atoms with E-state index >= 15 is 0 Å². The van der Waals surface area contributed by atoms with E-state index in [2.05, 4.69) is 5.32 Å². The van der Waals surface area contributed by atoms with E-state index in [1.807, 2.05) is 23.8 Å². The Morgan fingerprint density at radius 2 is 2.18 bits per heavy atom. The van der Waals surface area contributed by atoms with Crippen molar-refractivity contribution in [3.63, 3.8) is 0 Å². The molecule has 1 fully saturated rings. The molecule has 2 aromatic rings. The van der Waals surface area contributed by atoms with Crippen LogP contribution in [0.2, 0.25) is 0 Å². The molecule has 0 bridgehead atoms. The Labute approximate surface area is 132 Å². The minimum absolute atomic E-state index is 0.0648. The molecular weight excluding hydrogens is 303 g/mol. The third-order valence-corrected chi connectivity index (χ3v) is 4.28. The molecule has 1 saturated heterocycles. The largest absolute Gasteiger partial charge is 0.367 e. The molecule has 2 atom stereocenters. The smallest absolute Gasteiger partial charge is 0.322 e. The first-order valence-electron chi connectivity index (χ1n) is 7.11. The molecule has 3 rings (SSSR count). The zero-order valence-electron chi connectivity index (χ0n) is 12.2. The lowest BCUT2D eigenvalue weighted by Gasteiger charge is -2.36. The van der Waals surface area contributed by atoms with Crippen molar-refractivity contribution in [2.24, 2.45) is 0 Å². The molecule has 6 heteroatoms. The minimum Gasteiger partial charge on any atom is -0.367 e. The Morgan fingerprint density at radius 1 is 1.36 bits per heavy atom. The molecule has 0 aliphatic carbocycles. The van der Waals surface area contributed by atoms with Crippen LogP contribution < -0.4 is 5.32 Å². The highest BCUT2D eigenvalue weighted by molar-refractivity contribution is 7.07. The molecule has 2 heterocycles. The molecule has 116 valence electrons. The van der Waals surface area contributed by atoms with Crippen LogP contribution in [-0.2, 0) is 4.74 Å². The van der Waals surface area contributed by atoms with Crippen molar-refractivity contribution in [3.05, 3.63) is 52.5 Å². The first-order valence-corrected chi connectivity index (χ1v) is 8.06. The van der Waals surface area contributed by atoms with Crippen LogP contribution in [0, 0.1) is 5.82 Å². The van der Waals surface area contributed by atoms with Crippen LogP contribution in [0.3, 0.4) is 0 Å². The summed E-state index contributed by atoms with van der Waals surface area (Å²) in [4.78, 5) is 14.0. The fourth-order valence-electron chi connectivity index (χ4n) is 2.52. The number of hydrogen-bond acceptors (Lipinski definition) is 3. The highest BCUT2D eigenvalue weighted by atomic mass is 32.1. The Morgan fingerprint density at radius 3 is 2.91 bits per heavy atom. The van der Waals surface area contributed by atoms with Crippen LogP contribution in [-0.4, -0.2) is 30.1 Å². The number of anilines is 1. The second kappa shape index (κ2) is 6.46. The number of thiophene rings is 1. The molecule has 0 spiro atoms. The van der Waals surface area contributed by atoms with E-state index in [-0.39, 0.29) is 23.9 Å². The summed E-state index contributed by atoms with van der Waals surface area (Å²) in [5.74, 6) is -0.438. The molecule has 1 aromatic heterocycles. The SMILES string of the molecule is CC1CN(C(=O)Nc2ccccc2F)CC(c2ccsc2)O1. The lowest BCUT2D eigenvalue weighted by Crippen LogP contribution is -2.47. The molecule has 1 aliphatic heterocycles. The number of carbonyl (C=O) groups is 1. The standard InChI is InChI=1S/C16H17FN2O2S/c1-11-8-19(9-15(21-11)12-6-7-22-10-12)16(20)18-14-5-3-2-4-13(14)17/h2-7,10-11,15H,8-9H2,1H3,(H,18,20). The van der Waals surface area contributed by atoms with Gasteiger partial charge in [0.05, 0.1) is 18.3 Å². The van der Waals surface area contributed by atoms with Crippen molar-refractivity contribution >= 4 is 23.1 Å². The molecule has 0 radical (unpaired) electrons. The van der Waals surface area contributed by atoms with Gasteiger partial charge in [-0.2, -0.15) is 11.3 Å². The van der Waals surface area contributed by atoms with Gasteiger partial charge in [0, 0.05) is 6.54 Å². The monoisotopic (exact) mass is 320 g/mol. The Balaban J connectivity index is 1.70. The lowest BCUT2D eigenvalue weighted by molar-refractivity contribution is -0.0640. The molecule has 1 aliphatic rings. The van der Waals surface area contributed by atoms with Gasteiger partial charge in [-0.3, -0.25) is 0 Å². The summed E-state index contributed by atoms with van der Waals surface area (Å²) in [6.45, 7) is 2.88. The normalized spacial score (nSPS) is 21.6. The summed E-state index contributed by atoms with van der Waals surface area (Å²) in [5, 5.41) is 6.64. The van der Waals surface area contributed by atoms with E-state index in [9.17, 15) is 9.18 Å². The third-order valence-electron chi connectivity index (χ3n) is 3.58. The van der Waals surface area contributed by atoms with Gasteiger partial charge in [0.2, 0.25) is 0 Å². The van der Waals surface area contributed by atoms with Gasteiger partial charge in [0.1, 0.15) is 11.9 Å². The number of para-hydroxylation sites is 1. The number of nitrogens with zero attached hydrogens (tertiary/aromatic N) is 1. The van der Waals surface area contributed by atoms with Crippen LogP contribution in [0.4, 0.5) is 14.9 Å². The Hall–Kier alpha value is -1.92. The summed E-state index contributed by atoms with van der Waals surface area (Å²) >= 11 is 1.60. The molecular formula is C16H17FN2O2S. The van der Waals surface area contributed by atoms with Gasteiger partial charge in [-0.15, -0.1) is 0 Å². The van der Waals surface area contributed by atoms with Crippen LogP contribution in [0.15, 0.2) is 41.1 Å². The first kappa shape index (κ1) is 15.0. The van der Waals surface area contributed by atoms with Crippen LogP contribution in [0.5, 0.6) is 0 Å². The molecule has 0 saturated carbocycles. The fraction of sp³-hybridized carbons (Fsp3) is 0.312. The maximum atomic E-state index is 13.6. The maximum Gasteiger partial charge on any atom is 0.322 e. The Bertz CT molecular complexity index is 647. The van der Waals surface area contributed by atoms with Crippen LogP contribution >= 0.6 is 11.3 Å². The number of amides is 2. The average Bonchev–Trinajstić information content (AvgIpc) is 3.03. The first-order chi connectivity index (χ1) is 10.6. The number of ether oxygens (including phenoxy) is 1. The minimum atomic E-state index is -0.438. The van der Waals surface area contributed by atoms with E-state index < -0.39 is 5.82 Å². The fourth-order valence-corrected chi connectivity index (χ4v) is 3.22. The van der Waals surface area contributed by atoms with Gasteiger partial charge in [-0.05, 0) is 41.4 Å². The van der Waals surface area contributed by atoms with Gasteiger partial charge < -0.3 is 15.0 Å². The number of morpholine rings is 1. The predicted molar refractivity (Wildman–Crippen MR) is 84.6 cm³/mol. The molecule has 22 heavy (non-hydrogen) atoms. The molecule has 1 N–H and O–H groups in total. The van der Waals surface area contributed by atoms with Gasteiger partial charge >= 0.3 is 6.03 Å². The second-order valence-corrected chi connectivity index (χ2v) is 6.09. The number of halogens is 1. The van der Waals surface area contributed by atoms with E-state index in [0.29, 0.717) is 13.1 Å². The Kier molecular flexibility index (Phi) is 4.40. The molecule has 2 amide bonds. The summed E-state index contributed by atoms with van der Waals surface area (Å²) in [7, 11) is 0. The van der Waals surface area contributed by atoms with Crippen molar-refractivity contribution in [1.29, 1.82) is 0 Å². The summed E-state index contributed by atoms with van der Waals surface area (Å²) in [5.41, 5.74) is 1.26. The van der Waals surface area contributed by atoms with E-state index in [1.54, 1.807) is 34.4 Å². The topological polar surface area (TPSA) is 41.6 Å². The zero-order chi connectivity index (χ0) is 15.5. The summed E-state index contributed by atoms with van der Waals surface area (Å²) in [6, 6.07) is 7.85. The molecule has 4 nitrogen and oxygen atoms in total. The second-order valence-electron chi connectivity index (χ2n) is 5.31. The van der Waals surface area contributed by atoms with E-state index in [1.165, 1.54) is 6.07 Å².